The van der Waals surface area contributed by atoms with Crippen molar-refractivity contribution in [3.63, 3.8) is 0 Å². The number of aromatic nitrogens is 2. The minimum absolute atomic E-state index is 0.746. The molecule has 0 spiro atoms. The first-order valence-corrected chi connectivity index (χ1v) is 5.47. The lowest BCUT2D eigenvalue weighted by Crippen LogP contribution is -2.19. The zero-order chi connectivity index (χ0) is 10.1. The summed E-state index contributed by atoms with van der Waals surface area (Å²) in [5.41, 5.74) is 2.43. The molecule has 1 fully saturated rings. The standard InChI is InChI=1S/C11H19N3/c1-4-14-10(6-9(3)13-14)7-12-11-5-8(11)2/h6,8,11-12H,4-5,7H2,1-3H3. The maximum Gasteiger partial charge on any atom is 0.0597 e. The van der Waals surface area contributed by atoms with Crippen molar-refractivity contribution in [1.29, 1.82) is 0 Å². The van der Waals surface area contributed by atoms with Crippen molar-refractivity contribution in [3.05, 3.63) is 17.5 Å². The summed E-state index contributed by atoms with van der Waals surface area (Å²) in [6.07, 6.45) is 1.33. The average Bonchev–Trinajstić information content (AvgIpc) is 2.72. The lowest BCUT2D eigenvalue weighted by molar-refractivity contribution is 0.569. The number of rotatable bonds is 4. The maximum absolute atomic E-state index is 4.42. The van der Waals surface area contributed by atoms with Gasteiger partial charge in [0.15, 0.2) is 0 Å². The first-order valence-electron chi connectivity index (χ1n) is 5.47. The Morgan fingerprint density at radius 1 is 1.64 bits per heavy atom. The van der Waals surface area contributed by atoms with E-state index >= 15 is 0 Å². The predicted molar refractivity (Wildman–Crippen MR) is 57.0 cm³/mol. The molecule has 1 heterocycles. The fourth-order valence-electron chi connectivity index (χ4n) is 1.86. The smallest absolute Gasteiger partial charge is 0.0597 e. The summed E-state index contributed by atoms with van der Waals surface area (Å²) in [5, 5.41) is 7.97. The van der Waals surface area contributed by atoms with E-state index in [2.05, 4.69) is 41.9 Å². The fourth-order valence-corrected chi connectivity index (χ4v) is 1.86. The molecule has 3 nitrogen and oxygen atoms in total. The van der Waals surface area contributed by atoms with Crippen LogP contribution in [-0.2, 0) is 13.1 Å². The molecule has 0 amide bonds. The van der Waals surface area contributed by atoms with Gasteiger partial charge in [-0.15, -0.1) is 0 Å². The Morgan fingerprint density at radius 2 is 2.36 bits per heavy atom. The van der Waals surface area contributed by atoms with Crippen LogP contribution in [0.15, 0.2) is 6.07 Å². The zero-order valence-corrected chi connectivity index (χ0v) is 9.25. The minimum atomic E-state index is 0.746. The molecule has 1 aromatic rings. The third-order valence-corrected chi connectivity index (χ3v) is 2.94. The van der Waals surface area contributed by atoms with Gasteiger partial charge in [0.05, 0.1) is 11.4 Å². The summed E-state index contributed by atoms with van der Waals surface area (Å²) in [4.78, 5) is 0. The molecular formula is C11H19N3. The van der Waals surface area contributed by atoms with E-state index in [1.54, 1.807) is 0 Å². The Hall–Kier alpha value is -0.830. The van der Waals surface area contributed by atoms with Crippen LogP contribution in [0, 0.1) is 12.8 Å². The molecule has 3 heteroatoms. The molecule has 2 rings (SSSR count). The lowest BCUT2D eigenvalue weighted by atomic mass is 10.3. The summed E-state index contributed by atoms with van der Waals surface area (Å²) in [7, 11) is 0. The van der Waals surface area contributed by atoms with Crippen molar-refractivity contribution in [2.24, 2.45) is 5.92 Å². The van der Waals surface area contributed by atoms with Crippen LogP contribution in [0.25, 0.3) is 0 Å². The van der Waals surface area contributed by atoms with Gasteiger partial charge in [-0.2, -0.15) is 5.10 Å². The van der Waals surface area contributed by atoms with Gasteiger partial charge in [-0.05, 0) is 32.3 Å². The van der Waals surface area contributed by atoms with E-state index in [-0.39, 0.29) is 0 Å². The Morgan fingerprint density at radius 3 is 2.93 bits per heavy atom. The van der Waals surface area contributed by atoms with Crippen molar-refractivity contribution in [2.45, 2.75) is 46.3 Å². The monoisotopic (exact) mass is 193 g/mol. The van der Waals surface area contributed by atoms with Crippen LogP contribution in [0.5, 0.6) is 0 Å². The number of hydrogen-bond donors (Lipinski definition) is 1. The molecule has 14 heavy (non-hydrogen) atoms. The SMILES string of the molecule is CCn1nc(C)cc1CNC1CC1C. The second-order valence-electron chi connectivity index (χ2n) is 4.29. The highest BCUT2D eigenvalue weighted by Gasteiger charge is 2.31. The Labute approximate surface area is 85.5 Å². The highest BCUT2D eigenvalue weighted by atomic mass is 15.3. The molecular weight excluding hydrogens is 174 g/mol. The van der Waals surface area contributed by atoms with Gasteiger partial charge in [0.25, 0.3) is 0 Å². The quantitative estimate of drug-likeness (QED) is 0.789. The first kappa shape index (κ1) is 9.71. The third-order valence-electron chi connectivity index (χ3n) is 2.94. The molecule has 1 N–H and O–H groups in total. The van der Waals surface area contributed by atoms with Gasteiger partial charge in [0.1, 0.15) is 0 Å². The minimum Gasteiger partial charge on any atom is -0.308 e. The second kappa shape index (κ2) is 3.73. The highest BCUT2D eigenvalue weighted by Crippen LogP contribution is 2.29. The molecule has 0 aromatic carbocycles. The van der Waals surface area contributed by atoms with Crippen LogP contribution >= 0.6 is 0 Å². The van der Waals surface area contributed by atoms with Crippen molar-refractivity contribution < 1.29 is 0 Å². The molecule has 0 bridgehead atoms. The van der Waals surface area contributed by atoms with Crippen LogP contribution in [0.3, 0.4) is 0 Å². The van der Waals surface area contributed by atoms with Crippen LogP contribution in [0.2, 0.25) is 0 Å². The summed E-state index contributed by atoms with van der Waals surface area (Å²) >= 11 is 0. The summed E-state index contributed by atoms with van der Waals surface area (Å²) in [6, 6.07) is 2.92. The maximum atomic E-state index is 4.42. The Balaban J connectivity index is 1.94. The number of nitrogens with zero attached hydrogens (tertiary/aromatic N) is 2. The summed E-state index contributed by atoms with van der Waals surface area (Å²) < 4.78 is 2.08. The average molecular weight is 193 g/mol. The molecule has 0 saturated heterocycles. The first-order chi connectivity index (χ1) is 6.70. The summed E-state index contributed by atoms with van der Waals surface area (Å²) in [5.74, 6) is 0.870. The van der Waals surface area contributed by atoms with E-state index in [9.17, 15) is 0 Å². The number of aryl methyl sites for hydroxylation is 2. The number of hydrogen-bond acceptors (Lipinski definition) is 2. The van der Waals surface area contributed by atoms with Gasteiger partial charge in [0, 0.05) is 19.1 Å². The van der Waals surface area contributed by atoms with E-state index in [0.29, 0.717) is 0 Å². The predicted octanol–water partition coefficient (Wildman–Crippen LogP) is 1.71. The Kier molecular flexibility index (Phi) is 2.59. The van der Waals surface area contributed by atoms with E-state index in [0.717, 1.165) is 30.7 Å². The van der Waals surface area contributed by atoms with Crippen LogP contribution in [0.1, 0.15) is 31.7 Å². The van der Waals surface area contributed by atoms with Crippen molar-refractivity contribution in [2.75, 3.05) is 0 Å². The number of nitrogens with one attached hydrogen (secondary N) is 1. The van der Waals surface area contributed by atoms with Crippen LogP contribution in [-0.4, -0.2) is 15.8 Å². The van der Waals surface area contributed by atoms with Crippen LogP contribution in [0.4, 0.5) is 0 Å². The largest absolute Gasteiger partial charge is 0.308 e. The molecule has 1 saturated carbocycles. The van der Waals surface area contributed by atoms with Crippen molar-refractivity contribution in [1.82, 2.24) is 15.1 Å². The molecule has 78 valence electrons. The molecule has 1 aliphatic rings. The van der Waals surface area contributed by atoms with Crippen molar-refractivity contribution >= 4 is 0 Å². The molecule has 0 radical (unpaired) electrons. The van der Waals surface area contributed by atoms with Gasteiger partial charge in [-0.3, -0.25) is 4.68 Å². The molecule has 1 aromatic heterocycles. The van der Waals surface area contributed by atoms with E-state index in [1.807, 2.05) is 0 Å². The van der Waals surface area contributed by atoms with Crippen molar-refractivity contribution in [3.8, 4) is 0 Å². The highest BCUT2D eigenvalue weighted by molar-refractivity contribution is 5.09. The molecule has 1 aliphatic carbocycles. The third kappa shape index (κ3) is 1.98. The fraction of sp³-hybridized carbons (Fsp3) is 0.727. The molecule has 2 unspecified atom stereocenters. The molecule has 2 atom stereocenters. The van der Waals surface area contributed by atoms with Crippen LogP contribution < -0.4 is 5.32 Å². The van der Waals surface area contributed by atoms with Gasteiger partial charge in [-0.1, -0.05) is 6.92 Å². The molecule has 0 aliphatic heterocycles. The lowest BCUT2D eigenvalue weighted by Gasteiger charge is -2.05. The van der Waals surface area contributed by atoms with E-state index in [4.69, 9.17) is 0 Å². The normalized spacial score (nSPS) is 25.4. The van der Waals surface area contributed by atoms with E-state index in [1.165, 1.54) is 12.1 Å². The second-order valence-corrected chi connectivity index (χ2v) is 4.29. The van der Waals surface area contributed by atoms with Gasteiger partial charge in [0.2, 0.25) is 0 Å². The zero-order valence-electron chi connectivity index (χ0n) is 9.25. The summed E-state index contributed by atoms with van der Waals surface area (Å²) in [6.45, 7) is 8.40. The van der Waals surface area contributed by atoms with Gasteiger partial charge >= 0.3 is 0 Å². The topological polar surface area (TPSA) is 29.9 Å². The van der Waals surface area contributed by atoms with E-state index < -0.39 is 0 Å². The van der Waals surface area contributed by atoms with Gasteiger partial charge in [-0.25, -0.2) is 0 Å². The Bertz CT molecular complexity index is 316. The van der Waals surface area contributed by atoms with Gasteiger partial charge < -0.3 is 5.32 Å².